The highest BCUT2D eigenvalue weighted by atomic mass is 79.9. The fourth-order valence-corrected chi connectivity index (χ4v) is 6.35. The number of esters is 1. The van der Waals surface area contributed by atoms with Gasteiger partial charge in [-0.2, -0.15) is 0 Å². The van der Waals surface area contributed by atoms with Gasteiger partial charge in [0.2, 0.25) is 0 Å². The van der Waals surface area contributed by atoms with E-state index in [0.29, 0.717) is 33.0 Å². The molecule has 0 fully saturated rings. The normalized spacial score (nSPS) is 15.6. The van der Waals surface area contributed by atoms with Gasteiger partial charge in [-0.1, -0.05) is 23.5 Å². The van der Waals surface area contributed by atoms with E-state index in [4.69, 9.17) is 9.47 Å². The summed E-state index contributed by atoms with van der Waals surface area (Å²) in [4.78, 5) is 31.5. The average Bonchev–Trinajstić information content (AvgIpc) is 3.10. The second kappa shape index (κ2) is 10.6. The van der Waals surface area contributed by atoms with Crippen molar-refractivity contribution >= 4 is 55.2 Å². The van der Waals surface area contributed by atoms with Crippen LogP contribution in [0.2, 0.25) is 0 Å². The molecule has 0 N–H and O–H groups in total. The summed E-state index contributed by atoms with van der Waals surface area (Å²) in [5.41, 5.74) is 1.76. The standard InChI is InChI=1S/C25H21Br2FN2O4S/c1-4-33-22-17(26)10-14(11-18(22)27)12-19-23(31)30-21(15-6-8-16(28)9-7-15)20(24(32)34-5-2)13(3)29-25(30)35-19/h6-12,21H,4-5H2,1-3H3/b19-12-/t21-/m1/s1. The monoisotopic (exact) mass is 622 g/mol. The summed E-state index contributed by atoms with van der Waals surface area (Å²) in [6.45, 7) is 6.01. The lowest BCUT2D eigenvalue weighted by Gasteiger charge is -2.24. The predicted molar refractivity (Wildman–Crippen MR) is 140 cm³/mol. The van der Waals surface area contributed by atoms with E-state index < -0.39 is 17.8 Å². The van der Waals surface area contributed by atoms with Crippen molar-refractivity contribution in [1.82, 2.24) is 4.57 Å². The van der Waals surface area contributed by atoms with Gasteiger partial charge < -0.3 is 9.47 Å². The number of benzene rings is 2. The molecule has 0 saturated carbocycles. The van der Waals surface area contributed by atoms with Gasteiger partial charge in [0.1, 0.15) is 11.6 Å². The molecule has 1 aliphatic rings. The van der Waals surface area contributed by atoms with Gasteiger partial charge in [0.25, 0.3) is 5.56 Å². The van der Waals surface area contributed by atoms with Crippen molar-refractivity contribution in [2.24, 2.45) is 4.99 Å². The third kappa shape index (κ3) is 5.05. The van der Waals surface area contributed by atoms with Crippen LogP contribution in [0.5, 0.6) is 5.75 Å². The second-order valence-corrected chi connectivity index (χ2v) is 10.3. The first-order valence-corrected chi connectivity index (χ1v) is 13.2. The van der Waals surface area contributed by atoms with E-state index in [1.807, 2.05) is 19.1 Å². The molecule has 3 aromatic rings. The highest BCUT2D eigenvalue weighted by Crippen LogP contribution is 2.35. The van der Waals surface area contributed by atoms with Crippen LogP contribution in [0.15, 0.2) is 66.4 Å². The fraction of sp³-hybridized carbons (Fsp3) is 0.240. The van der Waals surface area contributed by atoms with E-state index >= 15 is 0 Å². The second-order valence-electron chi connectivity index (χ2n) is 7.60. The van der Waals surface area contributed by atoms with Crippen LogP contribution >= 0.6 is 43.2 Å². The van der Waals surface area contributed by atoms with E-state index in [1.54, 1.807) is 32.1 Å². The van der Waals surface area contributed by atoms with Crippen LogP contribution in [0.4, 0.5) is 4.39 Å². The summed E-state index contributed by atoms with van der Waals surface area (Å²) < 4.78 is 28.0. The molecule has 0 radical (unpaired) electrons. The summed E-state index contributed by atoms with van der Waals surface area (Å²) in [6.07, 6.45) is 1.76. The first-order valence-electron chi connectivity index (χ1n) is 10.8. The Balaban J connectivity index is 1.91. The summed E-state index contributed by atoms with van der Waals surface area (Å²) in [7, 11) is 0. The number of allylic oxidation sites excluding steroid dienone is 1. The zero-order chi connectivity index (χ0) is 25.3. The van der Waals surface area contributed by atoms with E-state index in [0.717, 1.165) is 14.5 Å². The van der Waals surface area contributed by atoms with Crippen LogP contribution in [-0.4, -0.2) is 23.8 Å². The molecule has 2 heterocycles. The topological polar surface area (TPSA) is 69.9 Å². The van der Waals surface area contributed by atoms with Crippen molar-refractivity contribution in [2.45, 2.75) is 26.8 Å². The molecule has 0 saturated heterocycles. The van der Waals surface area contributed by atoms with Crippen molar-refractivity contribution in [3.05, 3.63) is 93.2 Å². The number of aromatic nitrogens is 1. The van der Waals surface area contributed by atoms with Gasteiger partial charge in [-0.3, -0.25) is 9.36 Å². The Morgan fingerprint density at radius 1 is 1.17 bits per heavy atom. The predicted octanol–water partition coefficient (Wildman–Crippen LogP) is 4.86. The maximum atomic E-state index is 13.7. The molecule has 10 heteroatoms. The number of halogens is 3. The third-order valence-corrected chi connectivity index (χ3v) is 7.47. The summed E-state index contributed by atoms with van der Waals surface area (Å²) >= 11 is 8.26. The molecule has 1 aliphatic heterocycles. The molecular formula is C25H21Br2FN2O4S. The number of nitrogens with zero attached hydrogens (tertiary/aromatic N) is 2. The Hall–Kier alpha value is -2.56. The Morgan fingerprint density at radius 2 is 1.83 bits per heavy atom. The van der Waals surface area contributed by atoms with E-state index in [-0.39, 0.29) is 17.7 Å². The summed E-state index contributed by atoms with van der Waals surface area (Å²) in [6, 6.07) is 8.68. The molecule has 35 heavy (non-hydrogen) atoms. The van der Waals surface area contributed by atoms with Gasteiger partial charge >= 0.3 is 5.97 Å². The first-order chi connectivity index (χ1) is 16.7. The maximum Gasteiger partial charge on any atom is 0.338 e. The molecule has 1 atom stereocenters. The Labute approximate surface area is 221 Å². The average molecular weight is 624 g/mol. The Bertz CT molecular complexity index is 1490. The number of fused-ring (bicyclic) bond motifs is 1. The molecule has 0 unspecified atom stereocenters. The van der Waals surface area contributed by atoms with Crippen molar-refractivity contribution < 1.29 is 18.7 Å². The van der Waals surface area contributed by atoms with Gasteiger partial charge in [-0.05, 0) is 94.1 Å². The lowest BCUT2D eigenvalue weighted by atomic mass is 9.96. The van der Waals surface area contributed by atoms with Crippen LogP contribution in [-0.2, 0) is 9.53 Å². The number of rotatable bonds is 6. The van der Waals surface area contributed by atoms with Crippen LogP contribution in [0.25, 0.3) is 6.08 Å². The Kier molecular flexibility index (Phi) is 7.73. The van der Waals surface area contributed by atoms with E-state index in [1.165, 1.54) is 28.0 Å². The van der Waals surface area contributed by atoms with E-state index in [9.17, 15) is 14.0 Å². The molecule has 0 aliphatic carbocycles. The van der Waals surface area contributed by atoms with Gasteiger partial charge in [0.15, 0.2) is 4.80 Å². The summed E-state index contributed by atoms with van der Waals surface area (Å²) in [5, 5.41) is 0. The van der Waals surface area contributed by atoms with Crippen molar-refractivity contribution in [1.29, 1.82) is 0 Å². The van der Waals surface area contributed by atoms with Gasteiger partial charge in [0.05, 0.1) is 44.0 Å². The molecule has 1 aromatic heterocycles. The highest BCUT2D eigenvalue weighted by Gasteiger charge is 2.33. The summed E-state index contributed by atoms with van der Waals surface area (Å²) in [5.74, 6) is -0.292. The van der Waals surface area contributed by atoms with Crippen LogP contribution in [0.1, 0.15) is 37.9 Å². The zero-order valence-corrected chi connectivity index (χ0v) is 23.1. The number of ether oxygens (including phenoxy) is 2. The molecule has 0 amide bonds. The number of hydrogen-bond donors (Lipinski definition) is 0. The maximum absolute atomic E-state index is 13.7. The molecular weight excluding hydrogens is 603 g/mol. The minimum absolute atomic E-state index is 0.178. The first kappa shape index (κ1) is 25.5. The number of hydrogen-bond acceptors (Lipinski definition) is 6. The minimum Gasteiger partial charge on any atom is -0.492 e. The third-order valence-electron chi connectivity index (χ3n) is 5.31. The highest BCUT2D eigenvalue weighted by molar-refractivity contribution is 9.11. The molecule has 0 spiro atoms. The minimum atomic E-state index is -0.785. The van der Waals surface area contributed by atoms with E-state index in [2.05, 4.69) is 36.9 Å². The van der Waals surface area contributed by atoms with Gasteiger partial charge in [0, 0.05) is 0 Å². The molecule has 4 rings (SSSR count). The molecule has 182 valence electrons. The molecule has 0 bridgehead atoms. The largest absolute Gasteiger partial charge is 0.492 e. The van der Waals surface area contributed by atoms with Gasteiger partial charge in [-0.15, -0.1) is 0 Å². The van der Waals surface area contributed by atoms with Crippen molar-refractivity contribution in [3.8, 4) is 5.75 Å². The zero-order valence-electron chi connectivity index (χ0n) is 19.1. The lowest BCUT2D eigenvalue weighted by Crippen LogP contribution is -2.39. The molecule has 2 aromatic carbocycles. The SMILES string of the molecule is CCOC(=O)C1=C(C)N=c2s/c(=C\c3cc(Br)c(OCC)c(Br)c3)c(=O)n2[C@@H]1c1ccc(F)cc1. The van der Waals surface area contributed by atoms with Crippen molar-refractivity contribution in [2.75, 3.05) is 13.2 Å². The molecule has 6 nitrogen and oxygen atoms in total. The van der Waals surface area contributed by atoms with Crippen molar-refractivity contribution in [3.63, 3.8) is 0 Å². The fourth-order valence-electron chi connectivity index (χ4n) is 3.85. The lowest BCUT2D eigenvalue weighted by molar-refractivity contribution is -0.139. The smallest absolute Gasteiger partial charge is 0.338 e. The number of carbonyl (C=O) groups excluding carboxylic acids is 1. The van der Waals surface area contributed by atoms with Gasteiger partial charge in [-0.25, -0.2) is 14.2 Å². The number of carbonyl (C=O) groups is 1. The quantitative estimate of drug-likeness (QED) is 0.368. The van der Waals surface area contributed by atoms with Crippen LogP contribution < -0.4 is 19.6 Å². The number of thiazole rings is 1. The Morgan fingerprint density at radius 3 is 2.43 bits per heavy atom. The van der Waals surface area contributed by atoms with Crippen LogP contribution in [0, 0.1) is 5.82 Å². The van der Waals surface area contributed by atoms with Crippen LogP contribution in [0.3, 0.4) is 0 Å².